The van der Waals surface area contributed by atoms with Gasteiger partial charge in [0.15, 0.2) is 0 Å². The molecule has 5 heteroatoms. The normalized spacial score (nSPS) is 12.4. The Hall–Kier alpha value is -2.17. The zero-order valence-corrected chi connectivity index (χ0v) is 12.5. The van der Waals surface area contributed by atoms with E-state index in [-0.39, 0.29) is 17.6 Å². The first-order chi connectivity index (χ1) is 9.97. The van der Waals surface area contributed by atoms with Crippen LogP contribution >= 0.6 is 0 Å². The molecule has 0 aliphatic rings. The van der Waals surface area contributed by atoms with Gasteiger partial charge in [-0.2, -0.15) is 0 Å². The molecule has 1 atom stereocenters. The molecule has 0 bridgehead atoms. The van der Waals surface area contributed by atoms with Crippen molar-refractivity contribution in [2.75, 3.05) is 0 Å². The molecule has 0 fully saturated rings. The molecule has 21 heavy (non-hydrogen) atoms. The number of nitrogens with zero attached hydrogens (tertiary/aromatic N) is 2. The minimum Gasteiger partial charge on any atom is -0.342 e. The lowest BCUT2D eigenvalue weighted by Crippen LogP contribution is -2.31. The number of benzene rings is 1. The maximum Gasteiger partial charge on any atom is 0.221 e. The van der Waals surface area contributed by atoms with E-state index in [9.17, 15) is 9.18 Å². The summed E-state index contributed by atoms with van der Waals surface area (Å²) in [6, 6.07) is 5.78. The highest BCUT2D eigenvalue weighted by molar-refractivity contribution is 5.77. The number of carbonyl (C=O) groups excluding carboxylic acids is 1. The first-order valence-corrected chi connectivity index (χ1v) is 6.99. The molecule has 0 saturated heterocycles. The van der Waals surface area contributed by atoms with Crippen LogP contribution in [0.5, 0.6) is 0 Å². The fourth-order valence-corrected chi connectivity index (χ4v) is 2.23. The van der Waals surface area contributed by atoms with Crippen molar-refractivity contribution in [1.82, 2.24) is 14.9 Å². The van der Waals surface area contributed by atoms with Gasteiger partial charge in [-0.05, 0) is 23.6 Å². The summed E-state index contributed by atoms with van der Waals surface area (Å²) < 4.78 is 15.3. The summed E-state index contributed by atoms with van der Waals surface area (Å²) in [4.78, 5) is 16.4. The summed E-state index contributed by atoms with van der Waals surface area (Å²) in [6.45, 7) is 3.97. The van der Waals surface area contributed by atoms with E-state index in [0.717, 1.165) is 0 Å². The number of aromatic nitrogens is 2. The maximum atomic E-state index is 13.5. The van der Waals surface area contributed by atoms with Crippen LogP contribution < -0.4 is 5.32 Å². The number of nitrogens with one attached hydrogen (secondary N) is 1. The van der Waals surface area contributed by atoms with E-state index in [1.165, 1.54) is 12.1 Å². The van der Waals surface area contributed by atoms with Crippen molar-refractivity contribution in [3.63, 3.8) is 0 Å². The smallest absolute Gasteiger partial charge is 0.221 e. The molecule has 1 aromatic carbocycles. The molecule has 1 amide bonds. The van der Waals surface area contributed by atoms with Crippen LogP contribution in [-0.4, -0.2) is 15.5 Å². The Morgan fingerprint density at radius 2 is 2.19 bits per heavy atom. The lowest BCUT2D eigenvalue weighted by Gasteiger charge is -2.20. The predicted molar refractivity (Wildman–Crippen MR) is 79.0 cm³/mol. The van der Waals surface area contributed by atoms with E-state index >= 15 is 0 Å². The molecule has 2 rings (SSSR count). The molecule has 1 heterocycles. The fourth-order valence-electron chi connectivity index (χ4n) is 2.23. The molecule has 1 aromatic heterocycles. The van der Waals surface area contributed by atoms with Crippen LogP contribution in [0.25, 0.3) is 0 Å². The molecule has 0 aliphatic heterocycles. The summed E-state index contributed by atoms with van der Waals surface area (Å²) in [7, 11) is 1.85. The van der Waals surface area contributed by atoms with Crippen molar-refractivity contribution in [2.45, 2.75) is 26.3 Å². The van der Waals surface area contributed by atoms with Gasteiger partial charge in [0.25, 0.3) is 0 Å². The Bertz CT molecular complexity index is 621. The topological polar surface area (TPSA) is 46.9 Å². The van der Waals surface area contributed by atoms with Crippen LogP contribution in [0.2, 0.25) is 0 Å². The Morgan fingerprint density at radius 1 is 1.43 bits per heavy atom. The van der Waals surface area contributed by atoms with Crippen LogP contribution in [0.3, 0.4) is 0 Å². The van der Waals surface area contributed by atoms with E-state index in [1.807, 2.05) is 25.5 Å². The second kappa shape index (κ2) is 6.52. The zero-order valence-electron chi connectivity index (χ0n) is 12.5. The van der Waals surface area contributed by atoms with E-state index < -0.39 is 6.04 Å². The molecular weight excluding hydrogens is 269 g/mol. The van der Waals surface area contributed by atoms with Crippen LogP contribution in [0.4, 0.5) is 4.39 Å². The van der Waals surface area contributed by atoms with Crippen LogP contribution in [0.15, 0.2) is 36.7 Å². The van der Waals surface area contributed by atoms with Gasteiger partial charge >= 0.3 is 0 Å². The lowest BCUT2D eigenvalue weighted by molar-refractivity contribution is -0.122. The average Bonchev–Trinajstić information content (AvgIpc) is 2.81. The van der Waals surface area contributed by atoms with Gasteiger partial charge in [-0.25, -0.2) is 9.37 Å². The van der Waals surface area contributed by atoms with Crippen molar-refractivity contribution in [2.24, 2.45) is 13.0 Å². The molecule has 0 saturated carbocycles. The van der Waals surface area contributed by atoms with Gasteiger partial charge in [-0.3, -0.25) is 4.79 Å². The highest BCUT2D eigenvalue weighted by Gasteiger charge is 2.21. The van der Waals surface area contributed by atoms with E-state index in [4.69, 9.17) is 0 Å². The maximum absolute atomic E-state index is 13.5. The highest BCUT2D eigenvalue weighted by atomic mass is 19.1. The van der Waals surface area contributed by atoms with Crippen LogP contribution in [0, 0.1) is 11.7 Å². The molecule has 0 spiro atoms. The van der Waals surface area contributed by atoms with Gasteiger partial charge < -0.3 is 9.88 Å². The number of hydrogen-bond donors (Lipinski definition) is 1. The molecule has 0 unspecified atom stereocenters. The van der Waals surface area contributed by atoms with Gasteiger partial charge in [-0.15, -0.1) is 0 Å². The third-order valence-corrected chi connectivity index (χ3v) is 3.20. The number of carbonyl (C=O) groups is 1. The fraction of sp³-hybridized carbons (Fsp3) is 0.375. The van der Waals surface area contributed by atoms with Crippen molar-refractivity contribution < 1.29 is 9.18 Å². The number of amides is 1. The van der Waals surface area contributed by atoms with E-state index in [0.29, 0.717) is 17.8 Å². The largest absolute Gasteiger partial charge is 0.342 e. The van der Waals surface area contributed by atoms with Gasteiger partial charge in [0.2, 0.25) is 5.91 Å². The summed E-state index contributed by atoms with van der Waals surface area (Å²) in [5.41, 5.74) is 0.682. The van der Waals surface area contributed by atoms with Crippen molar-refractivity contribution in [3.05, 3.63) is 53.9 Å². The predicted octanol–water partition coefficient (Wildman–Crippen LogP) is 2.81. The molecule has 2 aromatic rings. The van der Waals surface area contributed by atoms with Gasteiger partial charge in [-0.1, -0.05) is 26.0 Å². The lowest BCUT2D eigenvalue weighted by atomic mass is 10.0. The van der Waals surface area contributed by atoms with Gasteiger partial charge in [0.1, 0.15) is 17.7 Å². The molecule has 1 N–H and O–H groups in total. The minimum atomic E-state index is -0.452. The number of imidazole rings is 1. The summed E-state index contributed by atoms with van der Waals surface area (Å²) >= 11 is 0. The Morgan fingerprint density at radius 3 is 2.76 bits per heavy atom. The molecule has 0 radical (unpaired) electrons. The second-order valence-electron chi connectivity index (χ2n) is 5.55. The van der Waals surface area contributed by atoms with Crippen LogP contribution in [-0.2, 0) is 11.8 Å². The molecule has 0 aliphatic carbocycles. The van der Waals surface area contributed by atoms with Gasteiger partial charge in [0, 0.05) is 25.9 Å². The monoisotopic (exact) mass is 289 g/mol. The second-order valence-corrected chi connectivity index (χ2v) is 5.55. The highest BCUT2D eigenvalue weighted by Crippen LogP contribution is 2.21. The van der Waals surface area contributed by atoms with E-state index in [1.54, 1.807) is 24.5 Å². The number of hydrogen-bond acceptors (Lipinski definition) is 2. The van der Waals surface area contributed by atoms with Crippen LogP contribution in [0.1, 0.15) is 37.7 Å². The molecule has 112 valence electrons. The average molecular weight is 289 g/mol. The minimum absolute atomic E-state index is 0.0674. The third-order valence-electron chi connectivity index (χ3n) is 3.20. The standard InChI is InChI=1S/C16H20FN3O/c1-11(2)9-14(21)19-15(16-18-7-8-20(16)3)12-5-4-6-13(17)10-12/h4-8,10-11,15H,9H2,1-3H3,(H,19,21)/t15-/m0/s1. The van der Waals surface area contributed by atoms with E-state index in [2.05, 4.69) is 10.3 Å². The molecule has 4 nitrogen and oxygen atoms in total. The van der Waals surface area contributed by atoms with Crippen molar-refractivity contribution in [1.29, 1.82) is 0 Å². The SMILES string of the molecule is CC(C)CC(=O)N[C@@H](c1cccc(F)c1)c1nccn1C. The van der Waals surface area contributed by atoms with Gasteiger partial charge in [0.05, 0.1) is 0 Å². The first-order valence-electron chi connectivity index (χ1n) is 6.99. The Balaban J connectivity index is 2.31. The zero-order chi connectivity index (χ0) is 15.4. The quantitative estimate of drug-likeness (QED) is 0.920. The summed E-state index contributed by atoms with van der Waals surface area (Å²) in [5, 5.41) is 2.95. The van der Waals surface area contributed by atoms with Crippen molar-refractivity contribution >= 4 is 5.91 Å². The Labute approximate surface area is 124 Å². The van der Waals surface area contributed by atoms with Crippen molar-refractivity contribution in [3.8, 4) is 0 Å². The number of aryl methyl sites for hydroxylation is 1. The number of rotatable bonds is 5. The summed E-state index contributed by atoms with van der Waals surface area (Å²) in [6.07, 6.45) is 3.89. The molecular formula is C16H20FN3O. The summed E-state index contributed by atoms with van der Waals surface area (Å²) in [5.74, 6) is 0.546. The first kappa shape index (κ1) is 15.2. The Kier molecular flexibility index (Phi) is 4.73. The number of halogens is 1. The third kappa shape index (κ3) is 3.90.